The summed E-state index contributed by atoms with van der Waals surface area (Å²) in [5, 5.41) is 0.815. The zero-order valence-electron chi connectivity index (χ0n) is 14.9. The maximum Gasteiger partial charge on any atom is 0.324 e. The lowest BCUT2D eigenvalue weighted by molar-refractivity contribution is 0.220. The molecule has 0 radical (unpaired) electrons. The number of carbonyl (C=O) groups excluding carboxylic acids is 1. The SMILES string of the molecule is CCCCN1CCN(c2ccc(S(=O)Oc3cc(Cl)cc(Cl)c3)cc2)C1=O. The van der Waals surface area contributed by atoms with E-state index in [4.69, 9.17) is 27.4 Å². The molecule has 2 aromatic rings. The highest BCUT2D eigenvalue weighted by Crippen LogP contribution is 2.27. The molecule has 1 aliphatic rings. The molecule has 2 aromatic carbocycles. The Morgan fingerprint density at radius 2 is 1.74 bits per heavy atom. The third-order valence-corrected chi connectivity index (χ3v) is 5.66. The number of carbonyl (C=O) groups is 1. The average Bonchev–Trinajstić information content (AvgIpc) is 2.99. The van der Waals surface area contributed by atoms with Gasteiger partial charge in [-0.05, 0) is 36.8 Å². The van der Waals surface area contributed by atoms with E-state index in [-0.39, 0.29) is 6.03 Å². The number of halogens is 2. The number of hydrogen-bond acceptors (Lipinski definition) is 3. The molecule has 144 valence electrons. The molecule has 27 heavy (non-hydrogen) atoms. The van der Waals surface area contributed by atoms with E-state index in [1.165, 1.54) is 0 Å². The lowest BCUT2D eigenvalue weighted by atomic mass is 10.3. The number of benzene rings is 2. The summed E-state index contributed by atoms with van der Waals surface area (Å²) in [7, 11) is 0. The van der Waals surface area contributed by atoms with Crippen LogP contribution in [0.3, 0.4) is 0 Å². The van der Waals surface area contributed by atoms with Gasteiger partial charge in [-0.3, -0.25) is 4.90 Å². The van der Waals surface area contributed by atoms with Crippen LogP contribution in [0.5, 0.6) is 5.75 Å². The highest BCUT2D eigenvalue weighted by molar-refractivity contribution is 7.80. The van der Waals surface area contributed by atoms with Crippen LogP contribution >= 0.6 is 23.2 Å². The number of rotatable bonds is 7. The second kappa shape index (κ2) is 8.95. The fourth-order valence-electron chi connectivity index (χ4n) is 2.83. The summed E-state index contributed by atoms with van der Waals surface area (Å²) < 4.78 is 17.8. The van der Waals surface area contributed by atoms with Gasteiger partial charge < -0.3 is 9.08 Å². The van der Waals surface area contributed by atoms with Crippen LogP contribution in [0.2, 0.25) is 10.0 Å². The first-order valence-electron chi connectivity index (χ1n) is 8.70. The second-order valence-corrected chi connectivity index (χ2v) is 8.17. The van der Waals surface area contributed by atoms with E-state index in [1.54, 1.807) is 47.4 Å². The minimum absolute atomic E-state index is 0.0159. The van der Waals surface area contributed by atoms with Crippen molar-refractivity contribution in [2.45, 2.75) is 24.7 Å². The molecule has 5 nitrogen and oxygen atoms in total. The van der Waals surface area contributed by atoms with Gasteiger partial charge >= 0.3 is 6.03 Å². The fraction of sp³-hybridized carbons (Fsp3) is 0.316. The van der Waals surface area contributed by atoms with E-state index in [1.807, 2.05) is 4.90 Å². The Morgan fingerprint density at radius 3 is 2.37 bits per heavy atom. The van der Waals surface area contributed by atoms with Crippen LogP contribution in [-0.4, -0.2) is 34.8 Å². The van der Waals surface area contributed by atoms with E-state index < -0.39 is 11.1 Å². The Hall–Kier alpha value is -1.76. The lowest BCUT2D eigenvalue weighted by Gasteiger charge is -2.18. The van der Waals surface area contributed by atoms with Gasteiger partial charge in [-0.25, -0.2) is 9.00 Å². The van der Waals surface area contributed by atoms with E-state index >= 15 is 0 Å². The summed E-state index contributed by atoms with van der Waals surface area (Å²) in [6.45, 7) is 4.27. The largest absolute Gasteiger partial charge is 0.397 e. The summed E-state index contributed by atoms with van der Waals surface area (Å²) in [4.78, 5) is 16.6. The summed E-state index contributed by atoms with van der Waals surface area (Å²) in [5.41, 5.74) is 0.783. The summed E-state index contributed by atoms with van der Waals surface area (Å²) in [5.74, 6) is 0.330. The van der Waals surface area contributed by atoms with Gasteiger partial charge in [-0.15, -0.1) is 0 Å². The quantitative estimate of drug-likeness (QED) is 0.615. The van der Waals surface area contributed by atoms with Crippen molar-refractivity contribution >= 4 is 46.0 Å². The Balaban J connectivity index is 1.66. The van der Waals surface area contributed by atoms with Crippen molar-refractivity contribution in [3.05, 3.63) is 52.5 Å². The first kappa shape index (κ1) is 20.0. The lowest BCUT2D eigenvalue weighted by Crippen LogP contribution is -2.32. The van der Waals surface area contributed by atoms with Crippen molar-refractivity contribution < 1.29 is 13.2 Å². The molecule has 0 spiro atoms. The molecule has 0 saturated carbocycles. The van der Waals surface area contributed by atoms with Crippen molar-refractivity contribution in [2.24, 2.45) is 0 Å². The fourth-order valence-corrected chi connectivity index (χ4v) is 4.06. The van der Waals surface area contributed by atoms with E-state index in [0.717, 1.165) is 31.6 Å². The molecule has 0 N–H and O–H groups in total. The Morgan fingerprint density at radius 1 is 1.07 bits per heavy atom. The third-order valence-electron chi connectivity index (χ3n) is 4.23. The molecule has 0 aliphatic carbocycles. The number of hydrogen-bond donors (Lipinski definition) is 0. The maximum absolute atomic E-state index is 12.5. The van der Waals surface area contributed by atoms with Crippen LogP contribution in [0.1, 0.15) is 19.8 Å². The average molecular weight is 427 g/mol. The predicted molar refractivity (Wildman–Crippen MR) is 109 cm³/mol. The van der Waals surface area contributed by atoms with Gasteiger partial charge in [0, 0.05) is 47.5 Å². The van der Waals surface area contributed by atoms with Gasteiger partial charge in [-0.2, -0.15) is 0 Å². The topological polar surface area (TPSA) is 49.9 Å². The molecule has 1 unspecified atom stereocenters. The normalized spacial score (nSPS) is 15.3. The standard InChI is InChI=1S/C19H20Cl2N2O3S/c1-2-3-8-22-9-10-23(19(22)24)16-4-6-18(7-5-16)27(25)26-17-12-14(20)11-15(21)13-17/h4-7,11-13H,2-3,8-10H2,1H3. The van der Waals surface area contributed by atoms with E-state index in [2.05, 4.69) is 6.92 Å². The predicted octanol–water partition coefficient (Wildman–Crippen LogP) is 5.14. The van der Waals surface area contributed by atoms with Gasteiger partial charge in [0.2, 0.25) is 11.1 Å². The molecule has 1 saturated heterocycles. The molecule has 1 fully saturated rings. The van der Waals surface area contributed by atoms with Crippen molar-refractivity contribution in [2.75, 3.05) is 24.5 Å². The monoisotopic (exact) mass is 426 g/mol. The van der Waals surface area contributed by atoms with Gasteiger partial charge in [0.25, 0.3) is 0 Å². The van der Waals surface area contributed by atoms with Crippen LogP contribution in [0.25, 0.3) is 0 Å². The number of anilines is 1. The second-order valence-electron chi connectivity index (χ2n) is 6.19. The van der Waals surface area contributed by atoms with Crippen LogP contribution < -0.4 is 9.08 Å². The van der Waals surface area contributed by atoms with Gasteiger partial charge in [0.1, 0.15) is 5.75 Å². The minimum atomic E-state index is -1.71. The third kappa shape index (κ3) is 4.94. The molecule has 1 aliphatic heterocycles. The van der Waals surface area contributed by atoms with E-state index in [9.17, 15) is 9.00 Å². The van der Waals surface area contributed by atoms with Crippen molar-refractivity contribution in [3.63, 3.8) is 0 Å². The number of nitrogens with zero attached hydrogens (tertiary/aromatic N) is 2. The highest BCUT2D eigenvalue weighted by Gasteiger charge is 2.28. The number of urea groups is 1. The molecular weight excluding hydrogens is 407 g/mol. The molecule has 3 rings (SSSR count). The van der Waals surface area contributed by atoms with Crippen molar-refractivity contribution in [1.29, 1.82) is 0 Å². The summed E-state index contributed by atoms with van der Waals surface area (Å²) >= 11 is 10.1. The number of unbranched alkanes of at least 4 members (excludes halogenated alkanes) is 1. The zero-order chi connectivity index (χ0) is 19.4. The maximum atomic E-state index is 12.5. The molecular formula is C19H20Cl2N2O3S. The Bertz CT molecular complexity index is 825. The van der Waals surface area contributed by atoms with Gasteiger partial charge in [-0.1, -0.05) is 36.5 Å². The first-order valence-corrected chi connectivity index (χ1v) is 10.5. The van der Waals surface area contributed by atoms with Gasteiger partial charge in [0.05, 0.1) is 4.90 Å². The molecule has 2 amide bonds. The summed E-state index contributed by atoms with van der Waals surface area (Å²) in [6.07, 6.45) is 2.06. The molecule has 1 atom stereocenters. The minimum Gasteiger partial charge on any atom is -0.397 e. The highest BCUT2D eigenvalue weighted by atomic mass is 35.5. The smallest absolute Gasteiger partial charge is 0.324 e. The van der Waals surface area contributed by atoms with E-state index in [0.29, 0.717) is 27.2 Å². The molecule has 8 heteroatoms. The van der Waals surface area contributed by atoms with Crippen LogP contribution in [-0.2, 0) is 11.1 Å². The van der Waals surface area contributed by atoms with Crippen molar-refractivity contribution in [1.82, 2.24) is 4.90 Å². The van der Waals surface area contributed by atoms with Crippen molar-refractivity contribution in [3.8, 4) is 5.75 Å². The molecule has 0 aromatic heterocycles. The summed E-state index contributed by atoms with van der Waals surface area (Å²) in [6, 6.07) is 11.6. The zero-order valence-corrected chi connectivity index (χ0v) is 17.2. The van der Waals surface area contributed by atoms with Crippen LogP contribution in [0.4, 0.5) is 10.5 Å². The first-order chi connectivity index (χ1) is 13.0. The van der Waals surface area contributed by atoms with Crippen LogP contribution in [0, 0.1) is 0 Å². The van der Waals surface area contributed by atoms with Crippen LogP contribution in [0.15, 0.2) is 47.4 Å². The Kier molecular flexibility index (Phi) is 6.63. The molecule has 0 bridgehead atoms. The molecule has 1 heterocycles. The number of amides is 2. The Labute approximate surface area is 171 Å². The van der Waals surface area contributed by atoms with Gasteiger partial charge in [0.15, 0.2) is 0 Å².